The van der Waals surface area contributed by atoms with Crippen LogP contribution in [0.15, 0.2) is 0 Å². The average molecular weight is 381 g/mol. The molecular formula is C18H27N3O4S. The largest absolute Gasteiger partial charge is 0.462 e. The number of carbonyl (C=O) groups excluding carboxylic acids is 3. The van der Waals surface area contributed by atoms with E-state index in [1.165, 1.54) is 11.3 Å². The Morgan fingerprint density at radius 3 is 2.58 bits per heavy atom. The van der Waals surface area contributed by atoms with E-state index in [2.05, 4.69) is 10.6 Å². The number of nitrogens with one attached hydrogen (secondary N) is 2. The van der Waals surface area contributed by atoms with Gasteiger partial charge in [0, 0.05) is 11.4 Å². The molecule has 1 aromatic rings. The number of carbonyl (C=O) groups is 3. The van der Waals surface area contributed by atoms with Crippen LogP contribution in [0.1, 0.15) is 47.5 Å². The number of hydrogen-bond acceptors (Lipinski definition) is 6. The first kappa shape index (κ1) is 20.4. The van der Waals surface area contributed by atoms with Gasteiger partial charge >= 0.3 is 5.97 Å². The molecule has 26 heavy (non-hydrogen) atoms. The lowest BCUT2D eigenvalue weighted by atomic mass is 10.1. The van der Waals surface area contributed by atoms with Crippen molar-refractivity contribution in [3.8, 4) is 0 Å². The standard InChI is InChI=1S/C18H27N3O4S/c1-4-9-19-14(22)10-21(3)11-15(23)20-17-16(18(24)25-5-2)12-7-6-8-13(12)26-17/h4-11H2,1-3H3,(H,19,22)(H,20,23). The number of rotatable bonds is 9. The van der Waals surface area contributed by atoms with E-state index in [-0.39, 0.29) is 30.9 Å². The number of anilines is 1. The number of thiophene rings is 1. The molecule has 2 amide bonds. The van der Waals surface area contributed by atoms with Crippen LogP contribution in [0.2, 0.25) is 0 Å². The topological polar surface area (TPSA) is 87.7 Å². The highest BCUT2D eigenvalue weighted by molar-refractivity contribution is 7.17. The summed E-state index contributed by atoms with van der Waals surface area (Å²) in [5.41, 5.74) is 1.51. The van der Waals surface area contributed by atoms with Crippen LogP contribution in [0.25, 0.3) is 0 Å². The lowest BCUT2D eigenvalue weighted by molar-refractivity contribution is -0.122. The van der Waals surface area contributed by atoms with E-state index in [1.54, 1.807) is 18.9 Å². The Kier molecular flexibility index (Phi) is 7.59. The SMILES string of the molecule is CCCNC(=O)CN(C)CC(=O)Nc1sc2c(c1C(=O)OCC)CCC2. The van der Waals surface area contributed by atoms with E-state index in [0.717, 1.165) is 36.1 Å². The van der Waals surface area contributed by atoms with Gasteiger partial charge in [0.15, 0.2) is 0 Å². The van der Waals surface area contributed by atoms with Crippen LogP contribution in [0.3, 0.4) is 0 Å². The van der Waals surface area contributed by atoms with Gasteiger partial charge < -0.3 is 15.4 Å². The van der Waals surface area contributed by atoms with E-state index < -0.39 is 0 Å². The van der Waals surface area contributed by atoms with Gasteiger partial charge in [-0.2, -0.15) is 0 Å². The van der Waals surface area contributed by atoms with Crippen molar-refractivity contribution < 1.29 is 19.1 Å². The highest BCUT2D eigenvalue weighted by atomic mass is 32.1. The van der Waals surface area contributed by atoms with Crippen LogP contribution >= 0.6 is 11.3 Å². The molecule has 0 atom stereocenters. The monoisotopic (exact) mass is 381 g/mol. The van der Waals surface area contributed by atoms with Gasteiger partial charge in [-0.05, 0) is 45.2 Å². The van der Waals surface area contributed by atoms with Crippen molar-refractivity contribution >= 4 is 34.1 Å². The first-order valence-electron chi connectivity index (χ1n) is 9.03. The fourth-order valence-corrected chi connectivity index (χ4v) is 4.24. The zero-order valence-electron chi connectivity index (χ0n) is 15.6. The van der Waals surface area contributed by atoms with Crippen LogP contribution < -0.4 is 10.6 Å². The summed E-state index contributed by atoms with van der Waals surface area (Å²) in [5.74, 6) is -0.736. The molecular weight excluding hydrogens is 354 g/mol. The molecule has 8 heteroatoms. The first-order valence-corrected chi connectivity index (χ1v) is 9.84. The minimum atomic E-state index is -0.380. The summed E-state index contributed by atoms with van der Waals surface area (Å²) in [6.45, 7) is 4.90. The van der Waals surface area contributed by atoms with Gasteiger partial charge in [-0.1, -0.05) is 6.92 Å². The van der Waals surface area contributed by atoms with Crippen LogP contribution in [0.5, 0.6) is 0 Å². The van der Waals surface area contributed by atoms with E-state index in [4.69, 9.17) is 4.74 Å². The van der Waals surface area contributed by atoms with Crippen LogP contribution in [0.4, 0.5) is 5.00 Å². The lowest BCUT2D eigenvalue weighted by Gasteiger charge is -2.16. The summed E-state index contributed by atoms with van der Waals surface area (Å²) < 4.78 is 5.16. The van der Waals surface area contributed by atoms with E-state index in [9.17, 15) is 14.4 Å². The third-order valence-corrected chi connectivity index (χ3v) is 5.26. The van der Waals surface area contributed by atoms with Gasteiger partial charge in [0.1, 0.15) is 5.00 Å². The summed E-state index contributed by atoms with van der Waals surface area (Å²) in [4.78, 5) is 39.2. The Labute approximate surface area is 158 Å². The molecule has 0 fully saturated rings. The number of aryl methyl sites for hydroxylation is 1. The summed E-state index contributed by atoms with van der Waals surface area (Å²) in [5, 5.41) is 6.17. The van der Waals surface area contributed by atoms with Gasteiger partial charge in [-0.3, -0.25) is 14.5 Å². The summed E-state index contributed by atoms with van der Waals surface area (Å²) in [6, 6.07) is 0. The second kappa shape index (κ2) is 9.68. The number of fused-ring (bicyclic) bond motifs is 1. The molecule has 0 spiro atoms. The van der Waals surface area contributed by atoms with Crippen molar-refractivity contribution in [1.29, 1.82) is 0 Å². The Balaban J connectivity index is 1.98. The van der Waals surface area contributed by atoms with Crippen molar-refractivity contribution in [2.75, 3.05) is 38.6 Å². The molecule has 0 aromatic carbocycles. The Bertz CT molecular complexity index is 672. The molecule has 0 aliphatic heterocycles. The molecule has 0 radical (unpaired) electrons. The van der Waals surface area contributed by atoms with Gasteiger partial charge in [-0.15, -0.1) is 11.3 Å². The summed E-state index contributed by atoms with van der Waals surface area (Å²) >= 11 is 1.45. The van der Waals surface area contributed by atoms with Crippen molar-refractivity contribution in [3.05, 3.63) is 16.0 Å². The quantitative estimate of drug-likeness (QED) is 0.637. The number of nitrogens with zero attached hydrogens (tertiary/aromatic N) is 1. The van der Waals surface area contributed by atoms with Gasteiger partial charge in [0.25, 0.3) is 0 Å². The van der Waals surface area contributed by atoms with Crippen LogP contribution in [0, 0.1) is 0 Å². The highest BCUT2D eigenvalue weighted by Gasteiger charge is 2.28. The van der Waals surface area contributed by atoms with Crippen LogP contribution in [-0.2, 0) is 27.2 Å². The van der Waals surface area contributed by atoms with Crippen molar-refractivity contribution in [2.24, 2.45) is 0 Å². The second-order valence-electron chi connectivity index (χ2n) is 6.35. The van der Waals surface area contributed by atoms with Crippen molar-refractivity contribution in [1.82, 2.24) is 10.2 Å². The number of hydrogen-bond donors (Lipinski definition) is 2. The van der Waals surface area contributed by atoms with E-state index in [1.807, 2.05) is 6.92 Å². The average Bonchev–Trinajstić information content (AvgIpc) is 3.13. The minimum absolute atomic E-state index is 0.0738. The Morgan fingerprint density at radius 2 is 1.88 bits per heavy atom. The molecule has 7 nitrogen and oxygen atoms in total. The zero-order valence-corrected chi connectivity index (χ0v) is 16.5. The van der Waals surface area contributed by atoms with E-state index >= 15 is 0 Å². The molecule has 144 valence electrons. The Hall–Kier alpha value is -1.93. The third-order valence-electron chi connectivity index (χ3n) is 4.05. The third kappa shape index (κ3) is 5.28. The van der Waals surface area contributed by atoms with Crippen LogP contribution in [-0.4, -0.2) is 56.0 Å². The maximum Gasteiger partial charge on any atom is 0.341 e. The molecule has 1 aliphatic rings. The zero-order chi connectivity index (χ0) is 19.1. The minimum Gasteiger partial charge on any atom is -0.462 e. The van der Waals surface area contributed by atoms with Gasteiger partial charge in [0.05, 0.1) is 25.3 Å². The molecule has 0 unspecified atom stereocenters. The van der Waals surface area contributed by atoms with Crippen molar-refractivity contribution in [3.63, 3.8) is 0 Å². The molecule has 0 saturated carbocycles. The molecule has 1 aliphatic carbocycles. The predicted octanol–water partition coefficient (Wildman–Crippen LogP) is 1.81. The lowest BCUT2D eigenvalue weighted by Crippen LogP contribution is -2.39. The number of ether oxygens (including phenoxy) is 1. The van der Waals surface area contributed by atoms with Gasteiger partial charge in [-0.25, -0.2) is 4.79 Å². The smallest absolute Gasteiger partial charge is 0.341 e. The molecule has 2 N–H and O–H groups in total. The number of esters is 1. The summed E-state index contributed by atoms with van der Waals surface area (Å²) in [7, 11) is 1.71. The fraction of sp³-hybridized carbons (Fsp3) is 0.611. The first-order chi connectivity index (χ1) is 12.5. The Morgan fingerprint density at radius 1 is 1.15 bits per heavy atom. The van der Waals surface area contributed by atoms with E-state index in [0.29, 0.717) is 23.7 Å². The molecule has 0 bridgehead atoms. The van der Waals surface area contributed by atoms with Crippen molar-refractivity contribution in [2.45, 2.75) is 39.5 Å². The number of likely N-dealkylation sites (N-methyl/N-ethyl adjacent to an activating group) is 1. The molecule has 1 heterocycles. The predicted molar refractivity (Wildman–Crippen MR) is 102 cm³/mol. The maximum absolute atomic E-state index is 12.3. The van der Waals surface area contributed by atoms with Gasteiger partial charge in [0.2, 0.25) is 11.8 Å². The molecule has 0 saturated heterocycles. The molecule has 2 rings (SSSR count). The molecule has 1 aromatic heterocycles. The number of amides is 2. The second-order valence-corrected chi connectivity index (χ2v) is 7.46. The normalized spacial score (nSPS) is 12.8. The highest BCUT2D eigenvalue weighted by Crippen LogP contribution is 2.39. The fourth-order valence-electron chi connectivity index (χ4n) is 2.94. The maximum atomic E-state index is 12.3. The summed E-state index contributed by atoms with van der Waals surface area (Å²) in [6.07, 6.45) is 3.67.